The molecule has 0 bridgehead atoms. The van der Waals surface area contributed by atoms with Crippen molar-refractivity contribution in [2.45, 2.75) is 20.1 Å². The van der Waals surface area contributed by atoms with Crippen LogP contribution in [-0.4, -0.2) is 27.3 Å². The normalized spacial score (nSPS) is 10.7. The maximum absolute atomic E-state index is 12.4. The summed E-state index contributed by atoms with van der Waals surface area (Å²) in [4.78, 5) is 16.6. The number of hydrogen-bond acceptors (Lipinski definition) is 6. The quantitative estimate of drug-likeness (QED) is 0.392. The van der Waals surface area contributed by atoms with Gasteiger partial charge in [0.1, 0.15) is 30.2 Å². The highest BCUT2D eigenvalue weighted by Gasteiger charge is 2.14. The molecule has 0 radical (unpaired) electrons. The lowest BCUT2D eigenvalue weighted by atomic mass is 10.2. The molecular weight excluding hydrogens is 432 g/mol. The zero-order valence-electron chi connectivity index (χ0n) is 17.3. The predicted molar refractivity (Wildman–Crippen MR) is 119 cm³/mol. The van der Waals surface area contributed by atoms with Crippen LogP contribution in [0.15, 0.2) is 71.4 Å². The largest absolute Gasteiger partial charge is 0.494 e. The summed E-state index contributed by atoms with van der Waals surface area (Å²) < 4.78 is 18.3. The molecule has 0 atom stereocenters. The van der Waals surface area contributed by atoms with Gasteiger partial charge < -0.3 is 13.9 Å². The van der Waals surface area contributed by atoms with E-state index in [1.165, 1.54) is 6.33 Å². The second-order valence-electron chi connectivity index (χ2n) is 6.81. The summed E-state index contributed by atoms with van der Waals surface area (Å²) in [7, 11) is 0. The lowest BCUT2D eigenvalue weighted by Gasteiger charge is -2.06. The van der Waals surface area contributed by atoms with Crippen molar-refractivity contribution in [1.82, 2.24) is 14.8 Å². The third kappa shape index (κ3) is 5.67. The van der Waals surface area contributed by atoms with Crippen LogP contribution >= 0.6 is 11.6 Å². The Morgan fingerprint density at radius 2 is 1.88 bits per heavy atom. The van der Waals surface area contributed by atoms with Gasteiger partial charge in [0.15, 0.2) is 5.76 Å². The maximum Gasteiger partial charge on any atom is 0.293 e. The molecule has 0 aliphatic heterocycles. The van der Waals surface area contributed by atoms with Crippen molar-refractivity contribution >= 4 is 23.5 Å². The van der Waals surface area contributed by atoms with E-state index in [2.05, 4.69) is 15.4 Å². The Balaban J connectivity index is 1.30. The molecule has 0 aliphatic carbocycles. The number of anilines is 1. The molecule has 2 heterocycles. The van der Waals surface area contributed by atoms with Gasteiger partial charge in [-0.25, -0.2) is 9.67 Å². The Bertz CT molecular complexity index is 1190. The predicted octanol–water partition coefficient (Wildman–Crippen LogP) is 4.80. The van der Waals surface area contributed by atoms with Crippen molar-refractivity contribution in [2.24, 2.45) is 0 Å². The molecule has 0 saturated carbocycles. The Morgan fingerprint density at radius 1 is 1.09 bits per heavy atom. The van der Waals surface area contributed by atoms with Crippen LogP contribution < -0.4 is 14.8 Å². The Hall–Kier alpha value is -3.78. The zero-order valence-corrected chi connectivity index (χ0v) is 18.1. The van der Waals surface area contributed by atoms with Gasteiger partial charge in [0.25, 0.3) is 5.91 Å². The van der Waals surface area contributed by atoms with E-state index in [1.807, 2.05) is 49.4 Å². The molecule has 4 aromatic rings. The summed E-state index contributed by atoms with van der Waals surface area (Å²) in [5, 5.41) is 7.53. The highest BCUT2D eigenvalue weighted by Crippen LogP contribution is 2.19. The molecule has 0 fully saturated rings. The molecule has 9 heteroatoms. The fourth-order valence-corrected chi connectivity index (χ4v) is 3.16. The molecule has 0 unspecified atom stereocenters. The van der Waals surface area contributed by atoms with Crippen molar-refractivity contribution in [3.63, 3.8) is 0 Å². The van der Waals surface area contributed by atoms with Gasteiger partial charge in [-0.15, -0.1) is 5.10 Å². The fraction of sp³-hybridized carbons (Fsp3) is 0.174. The Morgan fingerprint density at radius 3 is 2.62 bits per heavy atom. The van der Waals surface area contributed by atoms with Crippen molar-refractivity contribution in [3.8, 4) is 11.5 Å². The SMILES string of the molecule is CCOc1ccc(OCc2ccc(C(=O)Nc3ncn(Cc4cccc(Cl)c4)n3)o2)cc1. The first-order chi connectivity index (χ1) is 15.6. The van der Waals surface area contributed by atoms with E-state index in [9.17, 15) is 4.79 Å². The van der Waals surface area contributed by atoms with Crippen LogP contribution in [0.25, 0.3) is 0 Å². The van der Waals surface area contributed by atoms with E-state index in [1.54, 1.807) is 22.9 Å². The molecule has 0 spiro atoms. The minimum atomic E-state index is -0.446. The Kier molecular flexibility index (Phi) is 6.72. The number of rotatable bonds is 9. The van der Waals surface area contributed by atoms with E-state index in [0.717, 1.165) is 11.3 Å². The van der Waals surface area contributed by atoms with Crippen molar-refractivity contribution in [1.29, 1.82) is 0 Å². The van der Waals surface area contributed by atoms with E-state index < -0.39 is 5.91 Å². The van der Waals surface area contributed by atoms with Crippen LogP contribution in [0.2, 0.25) is 5.02 Å². The molecule has 164 valence electrons. The number of amides is 1. The zero-order chi connectivity index (χ0) is 22.3. The van der Waals surface area contributed by atoms with Gasteiger partial charge in [0.05, 0.1) is 13.2 Å². The molecule has 1 amide bonds. The minimum absolute atomic E-state index is 0.140. The van der Waals surface area contributed by atoms with Gasteiger partial charge in [-0.1, -0.05) is 23.7 Å². The number of halogens is 1. The molecule has 1 N–H and O–H groups in total. The van der Waals surface area contributed by atoms with Crippen LogP contribution in [0.3, 0.4) is 0 Å². The summed E-state index contributed by atoms with van der Waals surface area (Å²) in [5.41, 5.74) is 0.975. The molecule has 0 saturated heterocycles. The molecule has 32 heavy (non-hydrogen) atoms. The van der Waals surface area contributed by atoms with Gasteiger partial charge in [-0.05, 0) is 61.0 Å². The lowest BCUT2D eigenvalue weighted by Crippen LogP contribution is -2.12. The van der Waals surface area contributed by atoms with Crippen LogP contribution in [0.1, 0.15) is 28.8 Å². The summed E-state index contributed by atoms with van der Waals surface area (Å²) in [6.45, 7) is 3.21. The van der Waals surface area contributed by atoms with Crippen LogP contribution in [-0.2, 0) is 13.2 Å². The first kappa shape index (κ1) is 21.5. The fourth-order valence-electron chi connectivity index (χ4n) is 2.94. The minimum Gasteiger partial charge on any atom is -0.494 e. The van der Waals surface area contributed by atoms with E-state index in [0.29, 0.717) is 29.7 Å². The van der Waals surface area contributed by atoms with Gasteiger partial charge in [0.2, 0.25) is 5.95 Å². The second kappa shape index (κ2) is 10.0. The number of hydrogen-bond donors (Lipinski definition) is 1. The highest BCUT2D eigenvalue weighted by molar-refractivity contribution is 6.30. The van der Waals surface area contributed by atoms with Gasteiger partial charge in [-0.3, -0.25) is 10.1 Å². The number of ether oxygens (including phenoxy) is 2. The van der Waals surface area contributed by atoms with Crippen LogP contribution in [0.4, 0.5) is 5.95 Å². The Labute approximate surface area is 189 Å². The maximum atomic E-state index is 12.4. The van der Waals surface area contributed by atoms with Crippen molar-refractivity contribution in [2.75, 3.05) is 11.9 Å². The third-order valence-electron chi connectivity index (χ3n) is 4.40. The second-order valence-corrected chi connectivity index (χ2v) is 7.25. The summed E-state index contributed by atoms with van der Waals surface area (Å²) in [6, 6.07) is 18.0. The topological polar surface area (TPSA) is 91.4 Å². The van der Waals surface area contributed by atoms with Crippen molar-refractivity contribution in [3.05, 3.63) is 89.1 Å². The monoisotopic (exact) mass is 452 g/mol. The highest BCUT2D eigenvalue weighted by atomic mass is 35.5. The number of aromatic nitrogens is 3. The molecule has 2 aromatic carbocycles. The lowest BCUT2D eigenvalue weighted by molar-refractivity contribution is 0.0991. The average Bonchev–Trinajstić information content (AvgIpc) is 3.43. The first-order valence-corrected chi connectivity index (χ1v) is 10.4. The molecular formula is C23H21ClN4O4. The number of nitrogens with one attached hydrogen (secondary N) is 1. The molecule has 2 aromatic heterocycles. The number of carbonyl (C=O) groups is 1. The van der Waals surface area contributed by atoms with Crippen molar-refractivity contribution < 1.29 is 18.7 Å². The number of nitrogens with zero attached hydrogens (tertiary/aromatic N) is 3. The van der Waals surface area contributed by atoms with E-state index >= 15 is 0 Å². The molecule has 4 rings (SSSR count). The van der Waals surface area contributed by atoms with Gasteiger partial charge >= 0.3 is 0 Å². The number of carbonyl (C=O) groups excluding carboxylic acids is 1. The third-order valence-corrected chi connectivity index (χ3v) is 4.63. The summed E-state index contributed by atoms with van der Waals surface area (Å²) >= 11 is 6.00. The summed E-state index contributed by atoms with van der Waals surface area (Å²) in [6.07, 6.45) is 1.54. The van der Waals surface area contributed by atoms with E-state index in [-0.39, 0.29) is 18.3 Å². The van der Waals surface area contributed by atoms with Crippen LogP contribution in [0.5, 0.6) is 11.5 Å². The molecule has 8 nitrogen and oxygen atoms in total. The smallest absolute Gasteiger partial charge is 0.293 e. The average molecular weight is 453 g/mol. The summed E-state index contributed by atoms with van der Waals surface area (Å²) in [5.74, 6) is 1.84. The van der Waals surface area contributed by atoms with Gasteiger partial charge in [0, 0.05) is 5.02 Å². The first-order valence-electron chi connectivity index (χ1n) is 9.98. The van der Waals surface area contributed by atoms with Crippen LogP contribution in [0, 0.1) is 0 Å². The number of benzene rings is 2. The standard InChI is InChI=1S/C23H21ClN4O4/c1-2-30-18-6-8-19(9-7-18)31-14-20-10-11-21(32-20)22(29)26-23-25-15-28(27-23)13-16-4-3-5-17(24)12-16/h3-12,15H,2,13-14H2,1H3,(H,26,27,29). The van der Waals surface area contributed by atoms with E-state index in [4.69, 9.17) is 25.5 Å². The molecule has 0 aliphatic rings. The number of furan rings is 1. The van der Waals surface area contributed by atoms with Gasteiger partial charge in [-0.2, -0.15) is 0 Å².